The van der Waals surface area contributed by atoms with Gasteiger partial charge in [-0.1, -0.05) is 50.2 Å². The Bertz CT molecular complexity index is 685. The topological polar surface area (TPSA) is 77.5 Å². The predicted octanol–water partition coefficient (Wildman–Crippen LogP) is 3.48. The lowest BCUT2D eigenvalue weighted by atomic mass is 10.1. The minimum absolute atomic E-state index is 0.0504. The van der Waals surface area contributed by atoms with E-state index in [0.717, 1.165) is 0 Å². The highest BCUT2D eigenvalue weighted by Gasteiger charge is 2.28. The van der Waals surface area contributed by atoms with Gasteiger partial charge in [-0.2, -0.15) is 0 Å². The minimum atomic E-state index is -0.550. The average Bonchev–Trinajstić information content (AvgIpc) is 3.07. The first-order valence-corrected chi connectivity index (χ1v) is 7.59. The van der Waals surface area contributed by atoms with Crippen LogP contribution in [0.1, 0.15) is 61.7 Å². The summed E-state index contributed by atoms with van der Waals surface area (Å²) in [6, 6.07) is 13.5. The number of cyclic esters (lactones) is 2. The molecule has 0 saturated carbocycles. The van der Waals surface area contributed by atoms with E-state index in [-0.39, 0.29) is 18.0 Å². The van der Waals surface area contributed by atoms with Crippen LogP contribution in [0.3, 0.4) is 0 Å². The molecule has 2 aliphatic rings. The lowest BCUT2D eigenvalue weighted by Crippen LogP contribution is -1.96. The third kappa shape index (κ3) is 3.30. The zero-order valence-electron chi connectivity index (χ0n) is 13.4. The van der Waals surface area contributed by atoms with E-state index in [2.05, 4.69) is 4.74 Å². The molecule has 0 radical (unpaired) electrons. The van der Waals surface area contributed by atoms with Gasteiger partial charge in [0.05, 0.1) is 17.5 Å². The van der Waals surface area contributed by atoms with Crippen molar-refractivity contribution in [3.8, 4) is 0 Å². The van der Waals surface area contributed by atoms with Crippen molar-refractivity contribution < 1.29 is 23.9 Å². The average molecular weight is 324 g/mol. The molecule has 2 aromatic rings. The standard InChI is InChI=1S/C9H6O2.C8H4O3.C2H6/c10-8-5-9(11)7-4-2-1-3-6(7)8;9-7-5-3-1-2-4-6(5)8(10)11-7;1-2/h1-4H,5H2;1-4H;1-2H3. The molecule has 5 heteroatoms. The molecule has 5 nitrogen and oxygen atoms in total. The smallest absolute Gasteiger partial charge is 0.346 e. The number of carbonyl (C=O) groups excluding carboxylic acids is 4. The fourth-order valence-corrected chi connectivity index (χ4v) is 2.34. The second-order valence-corrected chi connectivity index (χ2v) is 4.79. The zero-order chi connectivity index (χ0) is 17.7. The molecule has 0 spiro atoms. The van der Waals surface area contributed by atoms with Crippen molar-refractivity contribution in [2.45, 2.75) is 20.3 Å². The molecule has 24 heavy (non-hydrogen) atoms. The molecule has 0 amide bonds. The second kappa shape index (κ2) is 7.46. The number of Topliss-reactive ketones (excluding diaryl/α,β-unsaturated/α-hetero) is 2. The van der Waals surface area contributed by atoms with Crippen LogP contribution >= 0.6 is 0 Å². The molecule has 0 saturated heterocycles. The molecule has 0 bridgehead atoms. The predicted molar refractivity (Wildman–Crippen MR) is 87.3 cm³/mol. The van der Waals surface area contributed by atoms with E-state index in [0.29, 0.717) is 22.3 Å². The number of ether oxygens (including phenoxy) is 1. The van der Waals surface area contributed by atoms with Crippen molar-refractivity contribution in [1.82, 2.24) is 0 Å². The van der Waals surface area contributed by atoms with Crippen molar-refractivity contribution in [3.05, 3.63) is 70.8 Å². The summed E-state index contributed by atoms with van der Waals surface area (Å²) in [6.45, 7) is 4.00. The molecule has 122 valence electrons. The van der Waals surface area contributed by atoms with E-state index in [1.807, 2.05) is 13.8 Å². The molecule has 0 fully saturated rings. The number of carbonyl (C=O) groups is 4. The van der Waals surface area contributed by atoms with E-state index in [1.54, 1.807) is 48.5 Å². The number of rotatable bonds is 0. The summed E-state index contributed by atoms with van der Waals surface area (Å²) in [5.41, 5.74) is 1.88. The molecule has 0 unspecified atom stereocenters. The normalized spacial score (nSPS) is 13.9. The van der Waals surface area contributed by atoms with Crippen molar-refractivity contribution >= 4 is 23.5 Å². The summed E-state index contributed by atoms with van der Waals surface area (Å²) < 4.78 is 4.35. The van der Waals surface area contributed by atoms with Gasteiger partial charge in [-0.25, -0.2) is 9.59 Å². The molecule has 1 heterocycles. The molecule has 0 aromatic heterocycles. The molecular weight excluding hydrogens is 308 g/mol. The monoisotopic (exact) mass is 324 g/mol. The SMILES string of the molecule is CC.O=C1CC(=O)c2ccccc21.O=C1OC(=O)c2ccccc21. The minimum Gasteiger partial charge on any atom is -0.386 e. The summed E-state index contributed by atoms with van der Waals surface area (Å²) in [7, 11) is 0. The molecule has 0 N–H and O–H groups in total. The summed E-state index contributed by atoms with van der Waals surface area (Å²) >= 11 is 0. The first kappa shape index (κ1) is 17.3. The Kier molecular flexibility index (Phi) is 5.37. The van der Waals surface area contributed by atoms with Crippen LogP contribution in [0, 0.1) is 0 Å². The van der Waals surface area contributed by atoms with Gasteiger partial charge in [0, 0.05) is 11.1 Å². The van der Waals surface area contributed by atoms with Gasteiger partial charge in [0.15, 0.2) is 11.6 Å². The van der Waals surface area contributed by atoms with E-state index in [9.17, 15) is 19.2 Å². The Balaban J connectivity index is 0.000000158. The highest BCUT2D eigenvalue weighted by Crippen LogP contribution is 2.20. The van der Waals surface area contributed by atoms with Crippen LogP contribution in [0.2, 0.25) is 0 Å². The van der Waals surface area contributed by atoms with Crippen molar-refractivity contribution in [3.63, 3.8) is 0 Å². The van der Waals surface area contributed by atoms with Gasteiger partial charge in [0.25, 0.3) is 0 Å². The van der Waals surface area contributed by atoms with Gasteiger partial charge in [0.2, 0.25) is 0 Å². The third-order valence-electron chi connectivity index (χ3n) is 3.40. The van der Waals surface area contributed by atoms with Crippen LogP contribution in [-0.2, 0) is 4.74 Å². The maximum atomic E-state index is 11.1. The number of benzene rings is 2. The molecule has 4 rings (SSSR count). The number of esters is 2. The lowest BCUT2D eigenvalue weighted by molar-refractivity contribution is 0.0443. The Morgan fingerprint density at radius 2 is 0.958 bits per heavy atom. The highest BCUT2D eigenvalue weighted by molar-refractivity contribution is 6.24. The maximum absolute atomic E-state index is 11.1. The molecule has 2 aromatic carbocycles. The summed E-state index contributed by atoms with van der Waals surface area (Å²) in [5.74, 6) is -1.20. The Hall–Kier alpha value is -3.08. The fourth-order valence-electron chi connectivity index (χ4n) is 2.34. The second-order valence-electron chi connectivity index (χ2n) is 4.79. The summed E-state index contributed by atoms with van der Waals surface area (Å²) in [5, 5.41) is 0. The maximum Gasteiger partial charge on any atom is 0.346 e. The van der Waals surface area contributed by atoms with Crippen LogP contribution in [0.15, 0.2) is 48.5 Å². The molecule has 0 atom stereocenters. The number of ketones is 2. The number of hydrogen-bond donors (Lipinski definition) is 0. The van der Waals surface area contributed by atoms with Crippen LogP contribution < -0.4 is 0 Å². The van der Waals surface area contributed by atoms with Gasteiger partial charge in [-0.15, -0.1) is 0 Å². The van der Waals surface area contributed by atoms with Gasteiger partial charge < -0.3 is 4.74 Å². The molecular formula is C19H16O5. The van der Waals surface area contributed by atoms with Crippen molar-refractivity contribution in [1.29, 1.82) is 0 Å². The Morgan fingerprint density at radius 1 is 0.625 bits per heavy atom. The van der Waals surface area contributed by atoms with Gasteiger partial charge in [0.1, 0.15) is 0 Å². The Morgan fingerprint density at radius 3 is 1.33 bits per heavy atom. The largest absolute Gasteiger partial charge is 0.386 e. The fraction of sp³-hybridized carbons (Fsp3) is 0.158. The van der Waals surface area contributed by atoms with Crippen LogP contribution in [-0.4, -0.2) is 23.5 Å². The molecule has 1 aliphatic heterocycles. The molecule has 1 aliphatic carbocycles. The van der Waals surface area contributed by atoms with E-state index in [1.165, 1.54) is 0 Å². The number of fused-ring (bicyclic) bond motifs is 2. The van der Waals surface area contributed by atoms with E-state index >= 15 is 0 Å². The van der Waals surface area contributed by atoms with Gasteiger partial charge in [-0.05, 0) is 12.1 Å². The van der Waals surface area contributed by atoms with Gasteiger partial charge >= 0.3 is 11.9 Å². The van der Waals surface area contributed by atoms with Crippen LogP contribution in [0.5, 0.6) is 0 Å². The van der Waals surface area contributed by atoms with Crippen LogP contribution in [0.25, 0.3) is 0 Å². The summed E-state index contributed by atoms with van der Waals surface area (Å²) in [6.07, 6.45) is 0.0549. The van der Waals surface area contributed by atoms with E-state index < -0.39 is 11.9 Å². The van der Waals surface area contributed by atoms with E-state index in [4.69, 9.17) is 0 Å². The van der Waals surface area contributed by atoms with Gasteiger partial charge in [-0.3, -0.25) is 9.59 Å². The lowest BCUT2D eigenvalue weighted by Gasteiger charge is -1.90. The number of hydrogen-bond acceptors (Lipinski definition) is 5. The third-order valence-corrected chi connectivity index (χ3v) is 3.40. The highest BCUT2D eigenvalue weighted by atomic mass is 16.6. The first-order valence-electron chi connectivity index (χ1n) is 7.59. The summed E-state index contributed by atoms with van der Waals surface area (Å²) in [4.78, 5) is 43.8. The Labute approximate surface area is 139 Å². The van der Waals surface area contributed by atoms with Crippen molar-refractivity contribution in [2.75, 3.05) is 0 Å². The first-order chi connectivity index (χ1) is 11.6. The van der Waals surface area contributed by atoms with Crippen LogP contribution in [0.4, 0.5) is 0 Å². The van der Waals surface area contributed by atoms with Crippen molar-refractivity contribution in [2.24, 2.45) is 0 Å². The quantitative estimate of drug-likeness (QED) is 0.547. The zero-order valence-corrected chi connectivity index (χ0v) is 13.4.